The molecule has 0 aromatic rings. The Hall–Kier alpha value is 0.290. The van der Waals surface area contributed by atoms with Crippen LogP contribution in [0, 0.1) is 5.92 Å². The lowest BCUT2D eigenvalue weighted by Gasteiger charge is -2.23. The lowest BCUT2D eigenvalue weighted by atomic mass is 9.93. The van der Waals surface area contributed by atoms with E-state index in [-0.39, 0.29) is 4.87 Å². The lowest BCUT2D eigenvalue weighted by Crippen LogP contribution is -2.18. The zero-order valence-electron chi connectivity index (χ0n) is 8.28. The van der Waals surface area contributed by atoms with Crippen molar-refractivity contribution in [1.29, 1.82) is 0 Å². The van der Waals surface area contributed by atoms with Crippen LogP contribution in [0.4, 0.5) is 0 Å². The fourth-order valence-corrected chi connectivity index (χ4v) is 1.94. The third-order valence-corrected chi connectivity index (χ3v) is 2.23. The number of hydrogen-bond donors (Lipinski definition) is 0. The lowest BCUT2D eigenvalue weighted by molar-refractivity contribution is 0.434. The first-order valence-corrected chi connectivity index (χ1v) is 5.04. The molecule has 0 aromatic carbocycles. The van der Waals surface area contributed by atoms with Gasteiger partial charge in [0, 0.05) is 4.87 Å². The zero-order chi connectivity index (χ0) is 8.91. The minimum atomic E-state index is 0.0458. The Kier molecular flexibility index (Phi) is 5.16. The standard InChI is InChI=1S/C10H21Cl/c1-5-6-7-10(4,11)8-9(2)3/h9H,5-8H2,1-4H3. The molecular formula is C10H21Cl. The van der Waals surface area contributed by atoms with Gasteiger partial charge in [-0.1, -0.05) is 33.6 Å². The van der Waals surface area contributed by atoms with Crippen LogP contribution in [0.25, 0.3) is 0 Å². The summed E-state index contributed by atoms with van der Waals surface area (Å²) < 4.78 is 0. The molecule has 0 spiro atoms. The number of rotatable bonds is 5. The smallest absolute Gasteiger partial charge is 0.0421 e. The van der Waals surface area contributed by atoms with Gasteiger partial charge in [0.25, 0.3) is 0 Å². The van der Waals surface area contributed by atoms with E-state index in [1.54, 1.807) is 0 Å². The van der Waals surface area contributed by atoms with Crippen LogP contribution in [0.1, 0.15) is 53.4 Å². The first kappa shape index (κ1) is 11.3. The van der Waals surface area contributed by atoms with E-state index in [4.69, 9.17) is 11.6 Å². The normalized spacial score (nSPS) is 16.9. The summed E-state index contributed by atoms with van der Waals surface area (Å²) in [7, 11) is 0. The van der Waals surface area contributed by atoms with Crippen LogP contribution < -0.4 is 0 Å². The molecular weight excluding hydrogens is 156 g/mol. The molecule has 0 saturated heterocycles. The van der Waals surface area contributed by atoms with Gasteiger partial charge in [-0.3, -0.25) is 0 Å². The number of hydrogen-bond acceptors (Lipinski definition) is 0. The first-order chi connectivity index (χ1) is 4.98. The second kappa shape index (κ2) is 5.03. The summed E-state index contributed by atoms with van der Waals surface area (Å²) in [5.41, 5.74) is 0. The van der Waals surface area contributed by atoms with Crippen molar-refractivity contribution in [3.05, 3.63) is 0 Å². The number of alkyl halides is 1. The molecule has 0 aliphatic heterocycles. The quantitative estimate of drug-likeness (QED) is 0.551. The molecule has 0 bridgehead atoms. The van der Waals surface area contributed by atoms with E-state index >= 15 is 0 Å². The predicted molar refractivity (Wildman–Crippen MR) is 53.2 cm³/mol. The summed E-state index contributed by atoms with van der Waals surface area (Å²) in [4.78, 5) is 0.0458. The van der Waals surface area contributed by atoms with Gasteiger partial charge in [-0.05, 0) is 25.7 Å². The van der Waals surface area contributed by atoms with Gasteiger partial charge < -0.3 is 0 Å². The molecule has 0 aliphatic carbocycles. The topological polar surface area (TPSA) is 0 Å². The Bertz CT molecular complexity index is 95.0. The highest BCUT2D eigenvalue weighted by Gasteiger charge is 2.20. The van der Waals surface area contributed by atoms with Crippen LogP contribution in [0.2, 0.25) is 0 Å². The molecule has 0 fully saturated rings. The van der Waals surface area contributed by atoms with Crippen molar-refractivity contribution >= 4 is 11.6 Å². The Morgan fingerprint density at radius 1 is 1.36 bits per heavy atom. The zero-order valence-corrected chi connectivity index (χ0v) is 9.04. The van der Waals surface area contributed by atoms with Gasteiger partial charge in [-0.15, -0.1) is 11.6 Å². The van der Waals surface area contributed by atoms with Crippen molar-refractivity contribution in [2.75, 3.05) is 0 Å². The monoisotopic (exact) mass is 176 g/mol. The molecule has 0 radical (unpaired) electrons. The van der Waals surface area contributed by atoms with E-state index in [9.17, 15) is 0 Å². The molecule has 0 amide bonds. The van der Waals surface area contributed by atoms with Crippen LogP contribution in [0.15, 0.2) is 0 Å². The fraction of sp³-hybridized carbons (Fsp3) is 1.00. The molecule has 11 heavy (non-hydrogen) atoms. The molecule has 0 saturated carbocycles. The van der Waals surface area contributed by atoms with Crippen LogP contribution in [-0.2, 0) is 0 Å². The van der Waals surface area contributed by atoms with Gasteiger partial charge in [0.05, 0.1) is 0 Å². The summed E-state index contributed by atoms with van der Waals surface area (Å²) in [6, 6.07) is 0. The average molecular weight is 177 g/mol. The van der Waals surface area contributed by atoms with Crippen molar-refractivity contribution in [3.63, 3.8) is 0 Å². The summed E-state index contributed by atoms with van der Waals surface area (Å²) in [6.45, 7) is 8.83. The van der Waals surface area contributed by atoms with Crippen LogP contribution in [-0.4, -0.2) is 4.87 Å². The highest BCUT2D eigenvalue weighted by Crippen LogP contribution is 2.29. The molecule has 68 valence electrons. The predicted octanol–water partition coefficient (Wildman–Crippen LogP) is 4.22. The highest BCUT2D eigenvalue weighted by molar-refractivity contribution is 6.23. The summed E-state index contributed by atoms with van der Waals surface area (Å²) >= 11 is 6.31. The molecule has 0 rings (SSSR count). The summed E-state index contributed by atoms with van der Waals surface area (Å²) in [6.07, 6.45) is 4.80. The third-order valence-electron chi connectivity index (χ3n) is 1.89. The first-order valence-electron chi connectivity index (χ1n) is 4.67. The van der Waals surface area contributed by atoms with Gasteiger partial charge in [0.1, 0.15) is 0 Å². The average Bonchev–Trinajstić information content (AvgIpc) is 1.81. The molecule has 0 heterocycles. The van der Waals surface area contributed by atoms with Crippen molar-refractivity contribution in [2.45, 2.75) is 58.3 Å². The van der Waals surface area contributed by atoms with Crippen LogP contribution >= 0.6 is 11.6 Å². The van der Waals surface area contributed by atoms with Crippen LogP contribution in [0.3, 0.4) is 0 Å². The third kappa shape index (κ3) is 6.68. The van der Waals surface area contributed by atoms with E-state index in [0.717, 1.165) is 12.8 Å². The van der Waals surface area contributed by atoms with Gasteiger partial charge in [0.15, 0.2) is 0 Å². The second-order valence-corrected chi connectivity index (χ2v) is 5.03. The second-order valence-electron chi connectivity index (χ2n) is 4.11. The minimum Gasteiger partial charge on any atom is -0.120 e. The number of unbranched alkanes of at least 4 members (excludes halogenated alkanes) is 1. The van der Waals surface area contributed by atoms with Crippen LogP contribution in [0.5, 0.6) is 0 Å². The van der Waals surface area contributed by atoms with Gasteiger partial charge in [-0.2, -0.15) is 0 Å². The van der Waals surface area contributed by atoms with Crippen molar-refractivity contribution in [1.82, 2.24) is 0 Å². The van der Waals surface area contributed by atoms with Gasteiger partial charge >= 0.3 is 0 Å². The highest BCUT2D eigenvalue weighted by atomic mass is 35.5. The molecule has 0 aliphatic rings. The summed E-state index contributed by atoms with van der Waals surface area (Å²) in [5, 5.41) is 0. The van der Waals surface area contributed by atoms with Gasteiger partial charge in [-0.25, -0.2) is 0 Å². The molecule has 1 heteroatoms. The maximum Gasteiger partial charge on any atom is 0.0421 e. The van der Waals surface area contributed by atoms with E-state index in [1.165, 1.54) is 12.8 Å². The molecule has 0 N–H and O–H groups in total. The Balaban J connectivity index is 3.61. The molecule has 0 aromatic heterocycles. The summed E-state index contributed by atoms with van der Waals surface area (Å²) in [5.74, 6) is 0.717. The Morgan fingerprint density at radius 2 is 1.91 bits per heavy atom. The molecule has 1 atom stereocenters. The number of halogens is 1. The van der Waals surface area contributed by atoms with E-state index in [1.807, 2.05) is 0 Å². The van der Waals surface area contributed by atoms with E-state index < -0.39 is 0 Å². The van der Waals surface area contributed by atoms with E-state index in [0.29, 0.717) is 5.92 Å². The fourth-order valence-electron chi connectivity index (χ4n) is 1.50. The van der Waals surface area contributed by atoms with E-state index in [2.05, 4.69) is 27.7 Å². The van der Waals surface area contributed by atoms with Gasteiger partial charge in [0.2, 0.25) is 0 Å². The van der Waals surface area contributed by atoms with Crippen molar-refractivity contribution in [3.8, 4) is 0 Å². The SMILES string of the molecule is CCCCC(C)(Cl)CC(C)C. The molecule has 1 unspecified atom stereocenters. The maximum absolute atomic E-state index is 6.31. The maximum atomic E-state index is 6.31. The molecule has 0 nitrogen and oxygen atoms in total. The largest absolute Gasteiger partial charge is 0.120 e. The Morgan fingerprint density at radius 3 is 2.27 bits per heavy atom. The van der Waals surface area contributed by atoms with Crippen molar-refractivity contribution < 1.29 is 0 Å². The minimum absolute atomic E-state index is 0.0458. The Labute approximate surface area is 76.3 Å². The van der Waals surface area contributed by atoms with Crippen molar-refractivity contribution in [2.24, 2.45) is 5.92 Å².